The first-order chi connectivity index (χ1) is 9.86. The molecule has 1 heterocycles. The van der Waals surface area contributed by atoms with Crippen molar-refractivity contribution in [1.29, 1.82) is 0 Å². The second-order valence-electron chi connectivity index (χ2n) is 4.63. The van der Waals surface area contributed by atoms with Crippen molar-refractivity contribution >= 4 is 10.8 Å². The third-order valence-corrected chi connectivity index (χ3v) is 3.29. The molecule has 0 aliphatic carbocycles. The maximum atomic E-state index is 6.01. The molecule has 0 aliphatic rings. The van der Waals surface area contributed by atoms with Gasteiger partial charge in [0.1, 0.15) is 11.9 Å². The van der Waals surface area contributed by atoms with Gasteiger partial charge in [-0.05, 0) is 40.6 Å². The highest BCUT2D eigenvalue weighted by Gasteiger charge is 2.11. The maximum absolute atomic E-state index is 6.01. The minimum atomic E-state index is -0.154. The van der Waals surface area contributed by atoms with Crippen LogP contribution in [0.5, 0.6) is 5.75 Å². The summed E-state index contributed by atoms with van der Waals surface area (Å²) in [6, 6.07) is 18.2. The molecule has 2 aromatic carbocycles. The van der Waals surface area contributed by atoms with Gasteiger partial charge in [0.2, 0.25) is 0 Å². The summed E-state index contributed by atoms with van der Waals surface area (Å²) < 4.78 is 6.01. The zero-order chi connectivity index (χ0) is 13.8. The monoisotopic (exact) mass is 264 g/mol. The topological polar surface area (TPSA) is 48.1 Å². The highest BCUT2D eigenvalue weighted by atomic mass is 16.5. The second-order valence-corrected chi connectivity index (χ2v) is 4.63. The van der Waals surface area contributed by atoms with Gasteiger partial charge in [-0.3, -0.25) is 4.98 Å². The van der Waals surface area contributed by atoms with E-state index in [4.69, 9.17) is 10.5 Å². The van der Waals surface area contributed by atoms with E-state index in [9.17, 15) is 0 Å². The Morgan fingerprint density at radius 1 is 0.950 bits per heavy atom. The van der Waals surface area contributed by atoms with Crippen LogP contribution < -0.4 is 10.5 Å². The number of nitrogens with two attached hydrogens (primary N) is 1. The molecule has 1 unspecified atom stereocenters. The van der Waals surface area contributed by atoms with Gasteiger partial charge in [0.05, 0.1) is 0 Å². The van der Waals surface area contributed by atoms with Crippen LogP contribution in [-0.2, 0) is 0 Å². The molecular formula is C17H16N2O. The van der Waals surface area contributed by atoms with Crippen LogP contribution in [0.25, 0.3) is 10.8 Å². The van der Waals surface area contributed by atoms with Crippen molar-refractivity contribution in [3.05, 3.63) is 72.6 Å². The SMILES string of the molecule is NCC(Oc1ccc2ccccc2c1)c1ccncc1. The van der Waals surface area contributed by atoms with Crippen molar-refractivity contribution in [1.82, 2.24) is 4.98 Å². The number of nitrogens with zero attached hydrogens (tertiary/aromatic N) is 1. The Bertz CT molecular complexity index is 697. The summed E-state index contributed by atoms with van der Waals surface area (Å²) in [7, 11) is 0. The molecule has 3 heteroatoms. The fourth-order valence-corrected chi connectivity index (χ4v) is 2.24. The van der Waals surface area contributed by atoms with Gasteiger partial charge in [0, 0.05) is 18.9 Å². The number of hydrogen-bond acceptors (Lipinski definition) is 3. The lowest BCUT2D eigenvalue weighted by Crippen LogP contribution is -2.18. The van der Waals surface area contributed by atoms with Gasteiger partial charge in [-0.2, -0.15) is 0 Å². The summed E-state index contributed by atoms with van der Waals surface area (Å²) in [5.74, 6) is 0.830. The molecule has 0 radical (unpaired) electrons. The molecule has 0 spiro atoms. The van der Waals surface area contributed by atoms with E-state index in [1.807, 2.05) is 36.4 Å². The summed E-state index contributed by atoms with van der Waals surface area (Å²) in [4.78, 5) is 4.01. The van der Waals surface area contributed by atoms with Gasteiger partial charge in [0.15, 0.2) is 0 Å². The molecule has 3 nitrogen and oxygen atoms in total. The predicted molar refractivity (Wildman–Crippen MR) is 80.6 cm³/mol. The molecule has 0 amide bonds. The molecule has 0 saturated carbocycles. The number of hydrogen-bond donors (Lipinski definition) is 1. The fraction of sp³-hybridized carbons (Fsp3) is 0.118. The van der Waals surface area contributed by atoms with Crippen LogP contribution in [0.4, 0.5) is 0 Å². The molecule has 0 bridgehead atoms. The highest BCUT2D eigenvalue weighted by Crippen LogP contribution is 2.25. The average molecular weight is 264 g/mol. The number of benzene rings is 2. The molecule has 0 fully saturated rings. The summed E-state index contributed by atoms with van der Waals surface area (Å²) >= 11 is 0. The van der Waals surface area contributed by atoms with Crippen LogP contribution in [0, 0.1) is 0 Å². The Labute approximate surface area is 118 Å². The first-order valence-corrected chi connectivity index (χ1v) is 6.62. The van der Waals surface area contributed by atoms with Crippen LogP contribution in [0.2, 0.25) is 0 Å². The molecule has 3 rings (SSSR count). The third kappa shape index (κ3) is 2.63. The van der Waals surface area contributed by atoms with Gasteiger partial charge in [-0.15, -0.1) is 0 Å². The Morgan fingerprint density at radius 3 is 2.45 bits per heavy atom. The van der Waals surface area contributed by atoms with Gasteiger partial charge in [-0.1, -0.05) is 30.3 Å². The van der Waals surface area contributed by atoms with Crippen LogP contribution in [0.3, 0.4) is 0 Å². The summed E-state index contributed by atoms with van der Waals surface area (Å²) in [5.41, 5.74) is 6.86. The normalized spacial score (nSPS) is 12.2. The summed E-state index contributed by atoms with van der Waals surface area (Å²) in [6.07, 6.45) is 3.35. The van der Waals surface area contributed by atoms with Gasteiger partial charge in [-0.25, -0.2) is 0 Å². The van der Waals surface area contributed by atoms with Crippen LogP contribution in [-0.4, -0.2) is 11.5 Å². The Kier molecular flexibility index (Phi) is 3.61. The first-order valence-electron chi connectivity index (χ1n) is 6.62. The average Bonchev–Trinajstić information content (AvgIpc) is 2.53. The second kappa shape index (κ2) is 5.72. The van der Waals surface area contributed by atoms with Gasteiger partial charge < -0.3 is 10.5 Å². The van der Waals surface area contributed by atoms with Crippen molar-refractivity contribution < 1.29 is 4.74 Å². The zero-order valence-corrected chi connectivity index (χ0v) is 11.1. The van der Waals surface area contributed by atoms with E-state index >= 15 is 0 Å². The van der Waals surface area contributed by atoms with E-state index in [2.05, 4.69) is 23.2 Å². The highest BCUT2D eigenvalue weighted by molar-refractivity contribution is 5.83. The van der Waals surface area contributed by atoms with Crippen molar-refractivity contribution in [2.45, 2.75) is 6.10 Å². The maximum Gasteiger partial charge on any atom is 0.136 e. The Balaban J connectivity index is 1.87. The van der Waals surface area contributed by atoms with Crippen LogP contribution in [0.15, 0.2) is 67.0 Å². The lowest BCUT2D eigenvalue weighted by molar-refractivity contribution is 0.214. The minimum absolute atomic E-state index is 0.154. The molecule has 0 saturated heterocycles. The minimum Gasteiger partial charge on any atom is -0.484 e. The number of pyridine rings is 1. The number of fused-ring (bicyclic) bond motifs is 1. The van der Waals surface area contributed by atoms with Crippen LogP contribution >= 0.6 is 0 Å². The van der Waals surface area contributed by atoms with Crippen molar-refractivity contribution in [2.75, 3.05) is 6.54 Å². The van der Waals surface area contributed by atoms with E-state index in [1.54, 1.807) is 12.4 Å². The molecule has 1 atom stereocenters. The Hall–Kier alpha value is -2.39. The number of ether oxygens (including phenoxy) is 1. The van der Waals surface area contributed by atoms with E-state index in [1.165, 1.54) is 5.39 Å². The smallest absolute Gasteiger partial charge is 0.136 e. The molecule has 3 aromatic rings. The molecule has 1 aromatic heterocycles. The standard InChI is InChI=1S/C17H16N2O/c18-12-17(14-7-9-19-10-8-14)20-16-6-5-13-3-1-2-4-15(13)11-16/h1-11,17H,12,18H2. The van der Waals surface area contributed by atoms with Crippen LogP contribution in [0.1, 0.15) is 11.7 Å². The molecule has 0 aliphatic heterocycles. The third-order valence-electron chi connectivity index (χ3n) is 3.29. The predicted octanol–water partition coefficient (Wildman–Crippen LogP) is 3.31. The first kappa shape index (κ1) is 12.6. The quantitative estimate of drug-likeness (QED) is 0.786. The molecular weight excluding hydrogens is 248 g/mol. The lowest BCUT2D eigenvalue weighted by Gasteiger charge is -2.18. The van der Waals surface area contributed by atoms with Gasteiger partial charge >= 0.3 is 0 Å². The van der Waals surface area contributed by atoms with Crippen molar-refractivity contribution in [2.24, 2.45) is 5.73 Å². The molecule has 20 heavy (non-hydrogen) atoms. The van der Waals surface area contributed by atoms with Crippen molar-refractivity contribution in [3.8, 4) is 5.75 Å². The lowest BCUT2D eigenvalue weighted by atomic mass is 10.1. The zero-order valence-electron chi connectivity index (χ0n) is 11.1. The number of aromatic nitrogens is 1. The fourth-order valence-electron chi connectivity index (χ4n) is 2.24. The van der Waals surface area contributed by atoms with Gasteiger partial charge in [0.25, 0.3) is 0 Å². The molecule has 100 valence electrons. The molecule has 2 N–H and O–H groups in total. The van der Waals surface area contributed by atoms with Crippen molar-refractivity contribution in [3.63, 3.8) is 0 Å². The van der Waals surface area contributed by atoms with E-state index < -0.39 is 0 Å². The Morgan fingerprint density at radius 2 is 1.70 bits per heavy atom. The number of rotatable bonds is 4. The van der Waals surface area contributed by atoms with E-state index in [0.29, 0.717) is 6.54 Å². The largest absolute Gasteiger partial charge is 0.484 e. The summed E-state index contributed by atoms with van der Waals surface area (Å²) in [5, 5.41) is 2.36. The summed E-state index contributed by atoms with van der Waals surface area (Å²) in [6.45, 7) is 0.427. The van der Waals surface area contributed by atoms with E-state index in [-0.39, 0.29) is 6.10 Å². The van der Waals surface area contributed by atoms with E-state index in [0.717, 1.165) is 16.7 Å².